The van der Waals surface area contributed by atoms with Crippen LogP contribution in [0.4, 0.5) is 0 Å². The number of nitrogens with one attached hydrogen (secondary N) is 1. The third kappa shape index (κ3) is 7.53. The van der Waals surface area contributed by atoms with Crippen LogP contribution >= 0.6 is 24.8 Å². The average Bonchev–Trinajstić information content (AvgIpc) is 2.99. The average molecular weight is 390 g/mol. The lowest BCUT2D eigenvalue weighted by Crippen LogP contribution is -2.52. The van der Waals surface area contributed by atoms with Crippen LogP contribution in [-0.4, -0.2) is 36.0 Å². The molecule has 1 heterocycles. The smallest absolute Gasteiger partial charge is 0.251 e. The number of nitrogens with two attached hydrogens (primary N) is 1. The van der Waals surface area contributed by atoms with Crippen molar-refractivity contribution in [1.82, 2.24) is 10.2 Å². The number of benzene rings is 1. The van der Waals surface area contributed by atoms with E-state index in [1.165, 1.54) is 18.4 Å². The van der Waals surface area contributed by atoms with Gasteiger partial charge in [0.25, 0.3) is 5.91 Å². The van der Waals surface area contributed by atoms with Gasteiger partial charge in [0.2, 0.25) is 0 Å². The zero-order valence-electron chi connectivity index (χ0n) is 15.6. The second-order valence-electron chi connectivity index (χ2n) is 7.50. The first-order valence-corrected chi connectivity index (χ1v) is 8.76. The van der Waals surface area contributed by atoms with Gasteiger partial charge in [-0.3, -0.25) is 9.69 Å². The minimum atomic E-state index is -0.351. The molecule has 25 heavy (non-hydrogen) atoms. The predicted molar refractivity (Wildman–Crippen MR) is 110 cm³/mol. The molecule has 6 heteroatoms. The van der Waals surface area contributed by atoms with Gasteiger partial charge in [-0.2, -0.15) is 0 Å². The maximum Gasteiger partial charge on any atom is 0.251 e. The van der Waals surface area contributed by atoms with E-state index in [2.05, 4.69) is 30.1 Å². The predicted octanol–water partition coefficient (Wildman–Crippen LogP) is 3.62. The molecule has 1 aliphatic heterocycles. The summed E-state index contributed by atoms with van der Waals surface area (Å²) < 4.78 is 0. The molecule has 3 N–H and O–H groups in total. The second kappa shape index (κ2) is 11.0. The summed E-state index contributed by atoms with van der Waals surface area (Å²) in [5.41, 5.74) is 7.48. The summed E-state index contributed by atoms with van der Waals surface area (Å²) in [4.78, 5) is 15.1. The van der Waals surface area contributed by atoms with Crippen molar-refractivity contribution in [2.75, 3.05) is 19.6 Å². The van der Waals surface area contributed by atoms with Crippen molar-refractivity contribution in [3.8, 4) is 0 Å². The van der Waals surface area contributed by atoms with Crippen LogP contribution in [0.2, 0.25) is 0 Å². The Morgan fingerprint density at radius 3 is 2.48 bits per heavy atom. The number of halogens is 2. The van der Waals surface area contributed by atoms with Crippen LogP contribution in [0.3, 0.4) is 0 Å². The highest BCUT2D eigenvalue weighted by atomic mass is 35.5. The fourth-order valence-corrected chi connectivity index (χ4v) is 3.44. The molecule has 1 saturated heterocycles. The van der Waals surface area contributed by atoms with E-state index >= 15 is 0 Å². The van der Waals surface area contributed by atoms with Gasteiger partial charge >= 0.3 is 0 Å². The lowest BCUT2D eigenvalue weighted by Gasteiger charge is -2.31. The van der Waals surface area contributed by atoms with Gasteiger partial charge in [-0.1, -0.05) is 26.0 Å². The third-order valence-electron chi connectivity index (χ3n) is 4.52. The summed E-state index contributed by atoms with van der Waals surface area (Å²) >= 11 is 0. The lowest BCUT2D eigenvalue weighted by atomic mass is 9.90. The van der Waals surface area contributed by atoms with Crippen LogP contribution < -0.4 is 11.1 Å². The molecule has 0 aliphatic carbocycles. The quantitative estimate of drug-likeness (QED) is 0.748. The van der Waals surface area contributed by atoms with Gasteiger partial charge in [0.15, 0.2) is 0 Å². The number of rotatable bonds is 7. The van der Waals surface area contributed by atoms with E-state index in [1.54, 1.807) is 0 Å². The highest BCUT2D eigenvalue weighted by Gasteiger charge is 2.26. The minimum absolute atomic E-state index is 0. The first-order chi connectivity index (χ1) is 10.9. The summed E-state index contributed by atoms with van der Waals surface area (Å²) in [6.45, 7) is 10.0. The molecule has 1 aromatic rings. The molecular formula is C19H33Cl2N3O. The van der Waals surface area contributed by atoms with E-state index in [9.17, 15) is 4.79 Å². The molecular weight excluding hydrogens is 357 g/mol. The van der Waals surface area contributed by atoms with E-state index in [0.29, 0.717) is 12.5 Å². The van der Waals surface area contributed by atoms with E-state index in [1.807, 2.05) is 25.1 Å². The van der Waals surface area contributed by atoms with Crippen LogP contribution in [0, 0.1) is 5.92 Å². The Balaban J connectivity index is 0.00000288. The molecule has 1 unspecified atom stereocenters. The zero-order chi connectivity index (χ0) is 16.9. The van der Waals surface area contributed by atoms with Crippen molar-refractivity contribution in [2.45, 2.75) is 52.1 Å². The lowest BCUT2D eigenvalue weighted by molar-refractivity contribution is 0.0898. The number of carbonyl (C=O) groups is 1. The van der Waals surface area contributed by atoms with Crippen LogP contribution in [0.15, 0.2) is 24.3 Å². The van der Waals surface area contributed by atoms with Crippen molar-refractivity contribution >= 4 is 30.7 Å². The first kappa shape index (κ1) is 24.2. The van der Waals surface area contributed by atoms with Gasteiger partial charge in [-0.05, 0) is 62.9 Å². The van der Waals surface area contributed by atoms with Gasteiger partial charge in [0.1, 0.15) is 0 Å². The number of hydrogen-bond donors (Lipinski definition) is 2. The van der Waals surface area contributed by atoms with Crippen LogP contribution in [-0.2, 0) is 6.54 Å². The number of likely N-dealkylation sites (tertiary alicyclic amines) is 1. The van der Waals surface area contributed by atoms with E-state index < -0.39 is 0 Å². The Morgan fingerprint density at radius 2 is 1.92 bits per heavy atom. The first-order valence-electron chi connectivity index (χ1n) is 8.76. The van der Waals surface area contributed by atoms with E-state index in [-0.39, 0.29) is 36.3 Å². The maximum atomic E-state index is 12.6. The molecule has 0 radical (unpaired) electrons. The Morgan fingerprint density at radius 1 is 1.28 bits per heavy atom. The van der Waals surface area contributed by atoms with Crippen molar-refractivity contribution in [2.24, 2.45) is 11.7 Å². The maximum absolute atomic E-state index is 12.6. The fourth-order valence-electron chi connectivity index (χ4n) is 3.44. The van der Waals surface area contributed by atoms with E-state index in [4.69, 9.17) is 5.73 Å². The molecule has 1 aromatic carbocycles. The van der Waals surface area contributed by atoms with Crippen LogP contribution in [0.25, 0.3) is 0 Å². The normalized spacial score (nSPS) is 16.7. The highest BCUT2D eigenvalue weighted by Crippen LogP contribution is 2.17. The van der Waals surface area contributed by atoms with Crippen molar-refractivity contribution < 1.29 is 4.79 Å². The number of hydrogen-bond acceptors (Lipinski definition) is 3. The molecule has 0 spiro atoms. The van der Waals surface area contributed by atoms with Crippen LogP contribution in [0.1, 0.15) is 56.0 Å². The summed E-state index contributed by atoms with van der Waals surface area (Å²) in [6.07, 6.45) is 3.44. The monoisotopic (exact) mass is 389 g/mol. The fraction of sp³-hybridized carbons (Fsp3) is 0.632. The molecule has 1 atom stereocenters. The Labute approximate surface area is 164 Å². The van der Waals surface area contributed by atoms with Gasteiger partial charge < -0.3 is 11.1 Å². The summed E-state index contributed by atoms with van der Waals surface area (Å²) in [6, 6.07) is 7.98. The molecule has 0 aromatic heterocycles. The van der Waals surface area contributed by atoms with Gasteiger partial charge in [0.05, 0.1) is 0 Å². The Hall–Kier alpha value is -0.810. The molecule has 0 bridgehead atoms. The Bertz CT molecular complexity index is 533. The van der Waals surface area contributed by atoms with Crippen LogP contribution in [0.5, 0.6) is 0 Å². The molecule has 1 fully saturated rings. The van der Waals surface area contributed by atoms with Gasteiger partial charge in [-0.15, -0.1) is 24.8 Å². The number of carbonyl (C=O) groups excluding carboxylic acids is 1. The molecule has 1 aliphatic rings. The van der Waals surface area contributed by atoms with Gasteiger partial charge in [-0.25, -0.2) is 0 Å². The largest absolute Gasteiger partial charge is 0.346 e. The van der Waals surface area contributed by atoms with Crippen molar-refractivity contribution in [1.29, 1.82) is 0 Å². The molecule has 1 amide bonds. The topological polar surface area (TPSA) is 58.4 Å². The standard InChI is InChI=1S/C19H31N3O.2ClH/c1-15(2)12-19(3,14-20)21-18(23)17-8-6-7-16(11-17)13-22-9-4-5-10-22;;/h6-8,11,15H,4-5,9-10,12-14,20H2,1-3H3,(H,21,23);2*1H. The Kier molecular flexibility index (Phi) is 10.7. The third-order valence-corrected chi connectivity index (χ3v) is 4.52. The molecule has 2 rings (SSSR count). The van der Waals surface area contributed by atoms with Crippen molar-refractivity contribution in [3.05, 3.63) is 35.4 Å². The zero-order valence-corrected chi connectivity index (χ0v) is 17.2. The van der Waals surface area contributed by atoms with Crippen molar-refractivity contribution in [3.63, 3.8) is 0 Å². The SMILES string of the molecule is CC(C)CC(C)(CN)NC(=O)c1cccc(CN2CCCC2)c1.Cl.Cl. The second-order valence-corrected chi connectivity index (χ2v) is 7.50. The van der Waals surface area contributed by atoms with E-state index in [0.717, 1.165) is 31.6 Å². The molecule has 0 saturated carbocycles. The summed E-state index contributed by atoms with van der Waals surface area (Å²) in [7, 11) is 0. The highest BCUT2D eigenvalue weighted by molar-refractivity contribution is 5.94. The molecule has 144 valence electrons. The summed E-state index contributed by atoms with van der Waals surface area (Å²) in [5, 5.41) is 3.13. The van der Waals surface area contributed by atoms with Gasteiger partial charge in [0, 0.05) is 24.2 Å². The number of nitrogens with zero attached hydrogens (tertiary/aromatic N) is 1. The summed E-state index contributed by atoms with van der Waals surface area (Å²) in [5.74, 6) is 0.465. The molecule has 4 nitrogen and oxygen atoms in total. The number of amides is 1. The minimum Gasteiger partial charge on any atom is -0.346 e.